The number of benzene rings is 1. The van der Waals surface area contributed by atoms with Gasteiger partial charge in [-0.15, -0.1) is 0 Å². The van der Waals surface area contributed by atoms with Gasteiger partial charge in [0.25, 0.3) is 0 Å². The van der Waals surface area contributed by atoms with Crippen LogP contribution in [-0.4, -0.2) is 47.8 Å². The van der Waals surface area contributed by atoms with E-state index in [9.17, 15) is 14.4 Å². The van der Waals surface area contributed by atoms with Crippen molar-refractivity contribution in [3.05, 3.63) is 53.8 Å². The highest BCUT2D eigenvalue weighted by Crippen LogP contribution is 2.52. The normalized spacial score (nSPS) is 28.1. The van der Waals surface area contributed by atoms with Crippen molar-refractivity contribution in [1.82, 2.24) is 5.16 Å². The summed E-state index contributed by atoms with van der Waals surface area (Å²) < 4.78 is 16.2. The predicted octanol–water partition coefficient (Wildman–Crippen LogP) is 2.08. The molecule has 0 radical (unpaired) electrons. The molecule has 3 aliphatic rings. The summed E-state index contributed by atoms with van der Waals surface area (Å²) in [5, 5.41) is 6.77. The van der Waals surface area contributed by atoms with Crippen molar-refractivity contribution in [2.75, 3.05) is 23.4 Å². The number of esters is 1. The Balaban J connectivity index is 1.38. The number of nitrogens with one attached hydrogen (secondary N) is 1. The zero-order valence-corrected chi connectivity index (χ0v) is 17.0. The lowest BCUT2D eigenvalue weighted by molar-refractivity contribution is -0.128. The van der Waals surface area contributed by atoms with Crippen LogP contribution in [0.1, 0.15) is 23.0 Å². The minimum absolute atomic E-state index is 0.222. The molecule has 1 spiro atoms. The number of ether oxygens (including phenoxy) is 2. The van der Waals surface area contributed by atoms with E-state index in [2.05, 4.69) is 10.5 Å². The quantitative estimate of drug-likeness (QED) is 0.579. The number of aryl methyl sites for hydroxylation is 1. The summed E-state index contributed by atoms with van der Waals surface area (Å²) in [6.45, 7) is 4.01. The monoisotopic (exact) mass is 423 g/mol. The third kappa shape index (κ3) is 3.04. The lowest BCUT2D eigenvalue weighted by Crippen LogP contribution is -2.41. The number of hydrogen-bond acceptors (Lipinski definition) is 7. The van der Waals surface area contributed by atoms with E-state index < -0.39 is 29.5 Å². The number of hydrogen-bond donors (Lipinski definition) is 1. The highest BCUT2D eigenvalue weighted by Gasteiger charge is 2.67. The Morgan fingerprint density at radius 2 is 2.19 bits per heavy atom. The van der Waals surface area contributed by atoms with Crippen LogP contribution < -0.4 is 10.2 Å². The summed E-state index contributed by atoms with van der Waals surface area (Å²) in [6, 6.07) is 8.19. The highest BCUT2D eigenvalue weighted by molar-refractivity contribution is 6.05. The molecule has 2 bridgehead atoms. The molecule has 31 heavy (non-hydrogen) atoms. The molecule has 5 rings (SSSR count). The first-order chi connectivity index (χ1) is 14.9. The summed E-state index contributed by atoms with van der Waals surface area (Å²) >= 11 is 0. The molecule has 0 saturated carbocycles. The molecule has 3 aliphatic heterocycles. The van der Waals surface area contributed by atoms with E-state index in [1.807, 2.05) is 12.2 Å². The van der Waals surface area contributed by atoms with Gasteiger partial charge in [0, 0.05) is 11.8 Å². The van der Waals surface area contributed by atoms with Crippen molar-refractivity contribution in [3.63, 3.8) is 0 Å². The molecule has 1 aromatic heterocycles. The zero-order valence-electron chi connectivity index (χ0n) is 17.0. The van der Waals surface area contributed by atoms with Gasteiger partial charge in [0.05, 0.1) is 36.7 Å². The average molecular weight is 423 g/mol. The lowest BCUT2D eigenvalue weighted by Gasteiger charge is -2.23. The van der Waals surface area contributed by atoms with Crippen LogP contribution in [0.4, 0.5) is 11.5 Å². The molecule has 2 unspecified atom stereocenters. The van der Waals surface area contributed by atoms with Gasteiger partial charge < -0.3 is 19.3 Å². The van der Waals surface area contributed by atoms with Crippen LogP contribution in [0.3, 0.4) is 0 Å². The minimum atomic E-state index is -0.858. The number of rotatable bonds is 5. The molecule has 1 N–H and O–H groups in total. The third-order valence-corrected chi connectivity index (χ3v) is 5.94. The SMILES string of the molecule is CCOC(=O)c1cccc(NC(=O)C2C3C(=O)N(c4cc(C)on4)C[C@@]34C=C[C@@H]2O4)c1. The molecule has 4 atom stereocenters. The van der Waals surface area contributed by atoms with Gasteiger partial charge >= 0.3 is 5.97 Å². The molecule has 1 aromatic carbocycles. The van der Waals surface area contributed by atoms with Crippen LogP contribution in [0.5, 0.6) is 0 Å². The first kappa shape index (κ1) is 19.5. The number of carbonyl (C=O) groups excluding carboxylic acids is 3. The number of anilines is 2. The van der Waals surface area contributed by atoms with E-state index in [-0.39, 0.29) is 25.0 Å². The largest absolute Gasteiger partial charge is 0.462 e. The molecule has 4 heterocycles. The van der Waals surface area contributed by atoms with Crippen LogP contribution in [0, 0.1) is 18.8 Å². The van der Waals surface area contributed by atoms with Gasteiger partial charge in [-0.1, -0.05) is 23.4 Å². The van der Waals surface area contributed by atoms with Gasteiger partial charge in [-0.2, -0.15) is 0 Å². The summed E-state index contributed by atoms with van der Waals surface area (Å²) in [5.41, 5.74) is -0.0702. The molecule has 2 saturated heterocycles. The van der Waals surface area contributed by atoms with Gasteiger partial charge in [0.2, 0.25) is 11.8 Å². The molecule has 9 heteroatoms. The average Bonchev–Trinajstić information content (AvgIpc) is 3.49. The van der Waals surface area contributed by atoms with Crippen molar-refractivity contribution in [1.29, 1.82) is 0 Å². The molecule has 160 valence electrons. The molecule has 2 aromatic rings. The number of fused-ring (bicyclic) bond motifs is 1. The van der Waals surface area contributed by atoms with Crippen LogP contribution in [-0.2, 0) is 19.1 Å². The highest BCUT2D eigenvalue weighted by atomic mass is 16.5. The second-order valence-electron chi connectivity index (χ2n) is 7.91. The number of carbonyl (C=O) groups is 3. The van der Waals surface area contributed by atoms with Crippen LogP contribution in [0.15, 0.2) is 47.0 Å². The summed E-state index contributed by atoms with van der Waals surface area (Å²) in [4.78, 5) is 39.9. The van der Waals surface area contributed by atoms with Crippen molar-refractivity contribution in [2.45, 2.75) is 25.6 Å². The Bertz CT molecular complexity index is 1110. The van der Waals surface area contributed by atoms with Gasteiger partial charge in [-0.05, 0) is 32.0 Å². The van der Waals surface area contributed by atoms with E-state index in [0.29, 0.717) is 22.8 Å². The molecule has 2 fully saturated rings. The Kier molecular flexibility index (Phi) is 4.44. The Labute approximate surface area is 178 Å². The standard InChI is InChI=1S/C22H21N3O6/c1-3-29-21(28)13-5-4-6-14(10-13)23-19(26)17-15-7-8-22(30-15)11-25(20(27)18(17)22)16-9-12(2)31-24-16/h4-10,15,17-18H,3,11H2,1-2H3,(H,23,26)/t15-,17?,18?,22-/m0/s1. The maximum atomic E-state index is 13.3. The topological polar surface area (TPSA) is 111 Å². The van der Waals surface area contributed by atoms with Crippen LogP contribution >= 0.6 is 0 Å². The first-order valence-corrected chi connectivity index (χ1v) is 10.1. The van der Waals surface area contributed by atoms with Gasteiger partial charge in [-0.3, -0.25) is 14.5 Å². The summed E-state index contributed by atoms with van der Waals surface area (Å²) in [7, 11) is 0. The fourth-order valence-electron chi connectivity index (χ4n) is 4.64. The van der Waals surface area contributed by atoms with E-state index >= 15 is 0 Å². The molecule has 0 aliphatic carbocycles. The van der Waals surface area contributed by atoms with E-state index in [0.717, 1.165) is 0 Å². The number of aromatic nitrogens is 1. The Hall–Kier alpha value is -3.46. The van der Waals surface area contributed by atoms with Gasteiger partial charge in [0.15, 0.2) is 5.82 Å². The Morgan fingerprint density at radius 1 is 1.35 bits per heavy atom. The number of amides is 2. The van der Waals surface area contributed by atoms with E-state index in [4.69, 9.17) is 14.0 Å². The second kappa shape index (κ2) is 7.05. The lowest BCUT2D eigenvalue weighted by atomic mass is 9.76. The summed E-state index contributed by atoms with van der Waals surface area (Å²) in [6.07, 6.45) is 3.22. The fraction of sp³-hybridized carbons (Fsp3) is 0.364. The van der Waals surface area contributed by atoms with Crippen molar-refractivity contribution in [3.8, 4) is 0 Å². The van der Waals surface area contributed by atoms with Crippen LogP contribution in [0.2, 0.25) is 0 Å². The van der Waals surface area contributed by atoms with Crippen molar-refractivity contribution in [2.24, 2.45) is 11.8 Å². The smallest absolute Gasteiger partial charge is 0.338 e. The van der Waals surface area contributed by atoms with Crippen LogP contribution in [0.25, 0.3) is 0 Å². The Morgan fingerprint density at radius 3 is 2.94 bits per heavy atom. The van der Waals surface area contributed by atoms with Crippen molar-refractivity contribution < 1.29 is 28.4 Å². The molecular formula is C22H21N3O6. The first-order valence-electron chi connectivity index (χ1n) is 10.1. The third-order valence-electron chi connectivity index (χ3n) is 5.94. The fourth-order valence-corrected chi connectivity index (χ4v) is 4.64. The van der Waals surface area contributed by atoms with Gasteiger partial charge in [0.1, 0.15) is 11.4 Å². The maximum absolute atomic E-state index is 13.3. The van der Waals surface area contributed by atoms with E-state index in [1.54, 1.807) is 44.2 Å². The summed E-state index contributed by atoms with van der Waals surface area (Å²) in [5.74, 6) is -1.38. The molecular weight excluding hydrogens is 402 g/mol. The van der Waals surface area contributed by atoms with Gasteiger partial charge in [-0.25, -0.2) is 4.79 Å². The van der Waals surface area contributed by atoms with Crippen molar-refractivity contribution >= 4 is 29.3 Å². The molecule has 9 nitrogen and oxygen atoms in total. The number of nitrogens with zero attached hydrogens (tertiary/aromatic N) is 2. The zero-order chi connectivity index (χ0) is 21.8. The predicted molar refractivity (Wildman–Crippen MR) is 108 cm³/mol. The second-order valence-corrected chi connectivity index (χ2v) is 7.91. The maximum Gasteiger partial charge on any atom is 0.338 e. The van der Waals surface area contributed by atoms with E-state index in [1.165, 1.54) is 4.90 Å². The molecule has 2 amide bonds. The minimum Gasteiger partial charge on any atom is -0.462 e.